The number of nitrogens with zero attached hydrogens (tertiary/aromatic N) is 3. The molecule has 0 unspecified atom stereocenters. The van der Waals surface area contributed by atoms with Crippen molar-refractivity contribution in [2.75, 3.05) is 5.32 Å². The zero-order valence-corrected chi connectivity index (χ0v) is 17.7. The maximum absolute atomic E-state index is 13.2. The van der Waals surface area contributed by atoms with E-state index in [1.807, 2.05) is 55.7 Å². The number of fused-ring (bicyclic) bond motifs is 1. The van der Waals surface area contributed by atoms with E-state index in [0.717, 1.165) is 22.5 Å². The quantitative estimate of drug-likeness (QED) is 0.531. The SMILES string of the molecule is Cc1cc(Cl)ccc1NC(=O)Cn1cnc2c(c(C)c(C)n2-c2ccccc2)c1=O. The highest BCUT2D eigenvalue weighted by atomic mass is 35.5. The summed E-state index contributed by atoms with van der Waals surface area (Å²) in [4.78, 5) is 30.2. The molecule has 2 aromatic heterocycles. The van der Waals surface area contributed by atoms with Crippen molar-refractivity contribution in [3.63, 3.8) is 0 Å². The zero-order valence-electron chi connectivity index (χ0n) is 16.9. The van der Waals surface area contributed by atoms with E-state index in [9.17, 15) is 9.59 Å². The summed E-state index contributed by atoms with van der Waals surface area (Å²) in [5, 5.41) is 3.95. The molecule has 0 bridgehead atoms. The van der Waals surface area contributed by atoms with Gasteiger partial charge in [0.15, 0.2) is 5.65 Å². The Kier molecular flexibility index (Phi) is 5.18. The first-order chi connectivity index (χ1) is 14.4. The van der Waals surface area contributed by atoms with Gasteiger partial charge >= 0.3 is 0 Å². The molecule has 4 rings (SSSR count). The van der Waals surface area contributed by atoms with Gasteiger partial charge in [-0.15, -0.1) is 0 Å². The molecule has 0 spiro atoms. The Labute approximate surface area is 178 Å². The molecule has 0 atom stereocenters. The van der Waals surface area contributed by atoms with Crippen LogP contribution in [0.5, 0.6) is 0 Å². The number of aromatic nitrogens is 3. The molecule has 0 fully saturated rings. The lowest BCUT2D eigenvalue weighted by Crippen LogP contribution is -2.28. The molecule has 30 heavy (non-hydrogen) atoms. The summed E-state index contributed by atoms with van der Waals surface area (Å²) in [6, 6.07) is 15.0. The number of hydrogen-bond acceptors (Lipinski definition) is 3. The fourth-order valence-electron chi connectivity index (χ4n) is 3.60. The summed E-state index contributed by atoms with van der Waals surface area (Å²) < 4.78 is 3.30. The molecule has 0 aliphatic carbocycles. The molecular formula is C23H21ClN4O2. The van der Waals surface area contributed by atoms with E-state index in [-0.39, 0.29) is 18.0 Å². The number of halogens is 1. The molecule has 0 saturated heterocycles. The molecular weight excluding hydrogens is 400 g/mol. The molecule has 0 radical (unpaired) electrons. The minimum atomic E-state index is -0.305. The number of para-hydroxylation sites is 1. The van der Waals surface area contributed by atoms with Crippen LogP contribution in [0.25, 0.3) is 16.7 Å². The average Bonchev–Trinajstić information content (AvgIpc) is 2.98. The average molecular weight is 421 g/mol. The Morgan fingerprint density at radius 3 is 2.53 bits per heavy atom. The van der Waals surface area contributed by atoms with Gasteiger partial charge in [-0.3, -0.25) is 18.7 Å². The number of anilines is 1. The van der Waals surface area contributed by atoms with Gasteiger partial charge in [0.25, 0.3) is 5.56 Å². The zero-order chi connectivity index (χ0) is 21.4. The largest absolute Gasteiger partial charge is 0.324 e. The third-order valence-electron chi connectivity index (χ3n) is 5.27. The molecule has 4 aromatic rings. The van der Waals surface area contributed by atoms with E-state index >= 15 is 0 Å². The minimum Gasteiger partial charge on any atom is -0.324 e. The number of aryl methyl sites for hydroxylation is 2. The lowest BCUT2D eigenvalue weighted by atomic mass is 10.2. The molecule has 6 nitrogen and oxygen atoms in total. The molecule has 1 amide bonds. The maximum atomic E-state index is 13.2. The van der Waals surface area contributed by atoms with Crippen molar-refractivity contribution >= 4 is 34.2 Å². The van der Waals surface area contributed by atoms with Crippen LogP contribution in [0.3, 0.4) is 0 Å². The van der Waals surface area contributed by atoms with E-state index in [1.165, 1.54) is 10.9 Å². The Morgan fingerprint density at radius 2 is 1.83 bits per heavy atom. The van der Waals surface area contributed by atoms with Gasteiger partial charge in [-0.2, -0.15) is 0 Å². The number of benzene rings is 2. The van der Waals surface area contributed by atoms with Crippen LogP contribution in [-0.4, -0.2) is 20.0 Å². The van der Waals surface area contributed by atoms with Gasteiger partial charge in [-0.25, -0.2) is 4.98 Å². The first kappa shape index (κ1) is 19.9. The van der Waals surface area contributed by atoms with Crippen LogP contribution in [0, 0.1) is 20.8 Å². The lowest BCUT2D eigenvalue weighted by Gasteiger charge is -2.10. The fourth-order valence-corrected chi connectivity index (χ4v) is 3.83. The number of nitrogens with one attached hydrogen (secondary N) is 1. The first-order valence-electron chi connectivity index (χ1n) is 9.55. The van der Waals surface area contributed by atoms with Crippen LogP contribution in [-0.2, 0) is 11.3 Å². The Balaban J connectivity index is 1.70. The fraction of sp³-hybridized carbons (Fsp3) is 0.174. The lowest BCUT2D eigenvalue weighted by molar-refractivity contribution is -0.116. The molecule has 0 saturated carbocycles. The van der Waals surface area contributed by atoms with Gasteiger partial charge in [0.2, 0.25) is 5.91 Å². The van der Waals surface area contributed by atoms with Crippen molar-refractivity contribution < 1.29 is 4.79 Å². The monoisotopic (exact) mass is 420 g/mol. The van der Waals surface area contributed by atoms with E-state index in [2.05, 4.69) is 10.3 Å². The Morgan fingerprint density at radius 1 is 1.10 bits per heavy atom. The Hall–Kier alpha value is -3.38. The number of rotatable bonds is 4. The molecule has 0 aliphatic heterocycles. The van der Waals surface area contributed by atoms with Crippen LogP contribution in [0.1, 0.15) is 16.8 Å². The molecule has 0 aliphatic rings. The van der Waals surface area contributed by atoms with E-state index < -0.39 is 0 Å². The predicted molar refractivity (Wildman–Crippen MR) is 120 cm³/mol. The Bertz CT molecular complexity index is 1320. The molecule has 2 aromatic carbocycles. The third kappa shape index (κ3) is 3.50. The van der Waals surface area contributed by atoms with Crippen molar-refractivity contribution in [1.82, 2.24) is 14.1 Å². The molecule has 1 N–H and O–H groups in total. The van der Waals surface area contributed by atoms with Crippen LogP contribution < -0.4 is 10.9 Å². The van der Waals surface area contributed by atoms with Gasteiger partial charge in [-0.05, 0) is 62.2 Å². The number of amides is 1. The summed E-state index contributed by atoms with van der Waals surface area (Å²) in [5.41, 5.74) is 4.60. The van der Waals surface area contributed by atoms with Crippen molar-refractivity contribution in [1.29, 1.82) is 0 Å². The summed E-state index contributed by atoms with van der Waals surface area (Å²) in [6.07, 6.45) is 1.43. The van der Waals surface area contributed by atoms with E-state index in [0.29, 0.717) is 21.7 Å². The van der Waals surface area contributed by atoms with Crippen molar-refractivity contribution in [2.45, 2.75) is 27.3 Å². The van der Waals surface area contributed by atoms with Crippen LogP contribution >= 0.6 is 11.6 Å². The summed E-state index contributed by atoms with van der Waals surface area (Å²) >= 11 is 5.96. The standard InChI is InChI=1S/C23H21ClN4O2/c1-14-11-17(24)9-10-19(14)26-20(29)12-27-13-25-22-21(23(27)30)15(2)16(3)28(22)18-7-5-4-6-8-18/h4-11,13H,12H2,1-3H3,(H,26,29). The third-order valence-corrected chi connectivity index (χ3v) is 5.51. The number of carbonyl (C=O) groups excluding carboxylic acids is 1. The van der Waals surface area contributed by atoms with Crippen LogP contribution in [0.2, 0.25) is 5.02 Å². The van der Waals surface area contributed by atoms with Crippen LogP contribution in [0.4, 0.5) is 5.69 Å². The van der Waals surface area contributed by atoms with Gasteiger partial charge in [-0.1, -0.05) is 29.8 Å². The summed E-state index contributed by atoms with van der Waals surface area (Å²) in [7, 11) is 0. The van der Waals surface area contributed by atoms with Crippen molar-refractivity contribution in [3.05, 3.63) is 87.1 Å². The van der Waals surface area contributed by atoms with E-state index in [1.54, 1.807) is 18.2 Å². The second-order valence-electron chi connectivity index (χ2n) is 7.27. The summed E-state index contributed by atoms with van der Waals surface area (Å²) in [5.74, 6) is -0.305. The van der Waals surface area contributed by atoms with Gasteiger partial charge in [0.05, 0.1) is 5.39 Å². The predicted octanol–water partition coefficient (Wildman–Crippen LogP) is 4.40. The first-order valence-corrected chi connectivity index (χ1v) is 9.93. The molecule has 7 heteroatoms. The summed E-state index contributed by atoms with van der Waals surface area (Å²) in [6.45, 7) is 5.60. The van der Waals surface area contributed by atoms with Gasteiger partial charge < -0.3 is 5.32 Å². The highest BCUT2D eigenvalue weighted by molar-refractivity contribution is 6.30. The molecule has 2 heterocycles. The second-order valence-corrected chi connectivity index (χ2v) is 7.70. The van der Waals surface area contributed by atoms with Crippen LogP contribution in [0.15, 0.2) is 59.7 Å². The second kappa shape index (κ2) is 7.80. The van der Waals surface area contributed by atoms with Gasteiger partial charge in [0, 0.05) is 22.1 Å². The van der Waals surface area contributed by atoms with Crippen molar-refractivity contribution in [2.24, 2.45) is 0 Å². The van der Waals surface area contributed by atoms with Crippen molar-refractivity contribution in [3.8, 4) is 5.69 Å². The maximum Gasteiger partial charge on any atom is 0.263 e. The van der Waals surface area contributed by atoms with E-state index in [4.69, 9.17) is 11.6 Å². The minimum absolute atomic E-state index is 0.126. The number of hydrogen-bond donors (Lipinski definition) is 1. The smallest absolute Gasteiger partial charge is 0.263 e. The van der Waals surface area contributed by atoms with Gasteiger partial charge in [0.1, 0.15) is 12.9 Å². The number of carbonyl (C=O) groups is 1. The molecule has 152 valence electrons. The highest BCUT2D eigenvalue weighted by Crippen LogP contribution is 2.25. The topological polar surface area (TPSA) is 68.9 Å². The normalized spacial score (nSPS) is 11.1. The highest BCUT2D eigenvalue weighted by Gasteiger charge is 2.18.